The van der Waals surface area contributed by atoms with Crippen molar-refractivity contribution in [3.05, 3.63) is 45.7 Å². The largest absolute Gasteiger partial charge is 0.493 e. The number of pyridine rings is 1. The third kappa shape index (κ3) is 6.85. The van der Waals surface area contributed by atoms with Crippen LogP contribution in [-0.4, -0.2) is 43.1 Å². The number of nitrogens with zero attached hydrogens (tertiary/aromatic N) is 1. The number of methoxy groups -OCH3 is 2. The van der Waals surface area contributed by atoms with Crippen molar-refractivity contribution < 1.29 is 24.1 Å². The Labute approximate surface area is 184 Å². The smallest absolute Gasteiger partial charge is 0.341 e. The summed E-state index contributed by atoms with van der Waals surface area (Å²) in [5.41, 5.74) is 1.85. The maximum absolute atomic E-state index is 12.1. The molecule has 1 aromatic heterocycles. The monoisotopic (exact) mass is 433 g/mol. The first-order valence-corrected chi connectivity index (χ1v) is 10.8. The van der Waals surface area contributed by atoms with Crippen LogP contribution in [-0.2, 0) is 17.7 Å². The molecule has 0 amide bonds. The van der Waals surface area contributed by atoms with Gasteiger partial charge >= 0.3 is 5.97 Å². The van der Waals surface area contributed by atoms with Gasteiger partial charge in [0, 0.05) is 44.5 Å². The molecule has 2 heterocycles. The van der Waals surface area contributed by atoms with Gasteiger partial charge in [0.15, 0.2) is 16.9 Å². The lowest BCUT2D eigenvalue weighted by molar-refractivity contribution is 0.0694. The minimum atomic E-state index is -1.21. The van der Waals surface area contributed by atoms with Crippen LogP contribution in [0.15, 0.2) is 29.2 Å². The highest BCUT2D eigenvalue weighted by Crippen LogP contribution is 2.38. The van der Waals surface area contributed by atoms with Crippen LogP contribution in [0.5, 0.6) is 11.5 Å². The first-order valence-electron chi connectivity index (χ1n) is 10.8. The fraction of sp³-hybridized carbons (Fsp3) is 0.500. The molecule has 2 aromatic rings. The summed E-state index contributed by atoms with van der Waals surface area (Å²) in [4.78, 5) is 23.3. The van der Waals surface area contributed by atoms with E-state index in [4.69, 9.17) is 19.3 Å². The normalized spacial score (nSPS) is 11.0. The number of rotatable bonds is 7. The van der Waals surface area contributed by atoms with Gasteiger partial charge in [0.25, 0.3) is 0 Å². The number of aryl methyl sites for hydroxylation is 2. The summed E-state index contributed by atoms with van der Waals surface area (Å²) in [7, 11) is 3.21. The van der Waals surface area contributed by atoms with Gasteiger partial charge < -0.3 is 23.9 Å². The van der Waals surface area contributed by atoms with Crippen LogP contribution in [0.2, 0.25) is 0 Å². The van der Waals surface area contributed by atoms with Gasteiger partial charge in [0.1, 0.15) is 5.56 Å². The quantitative estimate of drug-likeness (QED) is 0.640. The van der Waals surface area contributed by atoms with E-state index in [1.165, 1.54) is 18.7 Å². The Morgan fingerprint density at radius 1 is 1.10 bits per heavy atom. The van der Waals surface area contributed by atoms with Gasteiger partial charge in [-0.3, -0.25) is 4.79 Å². The minimum absolute atomic E-state index is 0.220. The van der Waals surface area contributed by atoms with Crippen molar-refractivity contribution in [2.75, 3.05) is 27.4 Å². The van der Waals surface area contributed by atoms with Crippen LogP contribution in [0.1, 0.15) is 56.5 Å². The molecular formula is C24H35NO6. The summed E-state index contributed by atoms with van der Waals surface area (Å²) in [6.45, 7) is 9.98. The molecule has 3 rings (SSSR count). The van der Waals surface area contributed by atoms with Crippen LogP contribution >= 0.6 is 0 Å². The highest BCUT2D eigenvalue weighted by atomic mass is 16.5. The topological polar surface area (TPSA) is 87.0 Å². The number of carboxylic acids is 1. The third-order valence-electron chi connectivity index (χ3n) is 4.40. The molecular weight excluding hydrogens is 398 g/mol. The number of ether oxygens (including phenoxy) is 3. The van der Waals surface area contributed by atoms with E-state index in [0.717, 1.165) is 17.5 Å². The lowest BCUT2D eigenvalue weighted by atomic mass is 9.96. The Kier molecular flexibility index (Phi) is 11.4. The number of hydrogen-bond donors (Lipinski definition) is 1. The van der Waals surface area contributed by atoms with Crippen LogP contribution < -0.4 is 14.9 Å². The van der Waals surface area contributed by atoms with Crippen molar-refractivity contribution in [1.82, 2.24) is 4.57 Å². The summed E-state index contributed by atoms with van der Waals surface area (Å²) < 4.78 is 18.1. The molecule has 7 nitrogen and oxygen atoms in total. The second-order valence-electron chi connectivity index (χ2n) is 6.75. The molecule has 0 saturated carbocycles. The molecule has 0 unspecified atom stereocenters. The van der Waals surface area contributed by atoms with Crippen LogP contribution in [0.4, 0.5) is 0 Å². The molecule has 0 aliphatic carbocycles. The van der Waals surface area contributed by atoms with E-state index in [-0.39, 0.29) is 5.56 Å². The first kappa shape index (κ1) is 26.2. The highest BCUT2D eigenvalue weighted by Gasteiger charge is 2.22. The third-order valence-corrected chi connectivity index (χ3v) is 4.40. The van der Waals surface area contributed by atoms with Gasteiger partial charge in [-0.05, 0) is 24.1 Å². The average molecular weight is 434 g/mol. The lowest BCUT2D eigenvalue weighted by Gasteiger charge is -2.24. The zero-order chi connectivity index (χ0) is 23.4. The van der Waals surface area contributed by atoms with Gasteiger partial charge in [-0.25, -0.2) is 4.79 Å². The van der Waals surface area contributed by atoms with Gasteiger partial charge in [-0.1, -0.05) is 34.1 Å². The molecule has 1 aliphatic rings. The van der Waals surface area contributed by atoms with Crippen LogP contribution in [0.25, 0.3) is 11.3 Å². The van der Waals surface area contributed by atoms with E-state index in [2.05, 4.69) is 13.8 Å². The van der Waals surface area contributed by atoms with Crippen LogP contribution in [0, 0.1) is 0 Å². The average Bonchev–Trinajstić information content (AvgIpc) is 2.77. The molecule has 1 aromatic carbocycles. The predicted molar refractivity (Wildman–Crippen MR) is 123 cm³/mol. The number of aromatic carboxylic acids is 1. The van der Waals surface area contributed by atoms with E-state index in [0.29, 0.717) is 43.4 Å². The fourth-order valence-corrected chi connectivity index (χ4v) is 3.10. The van der Waals surface area contributed by atoms with E-state index < -0.39 is 11.4 Å². The Balaban J connectivity index is 0.000000884. The minimum Gasteiger partial charge on any atom is -0.493 e. The summed E-state index contributed by atoms with van der Waals surface area (Å²) in [5, 5.41) is 9.14. The van der Waals surface area contributed by atoms with E-state index in [1.54, 1.807) is 18.8 Å². The number of aromatic nitrogens is 1. The Morgan fingerprint density at radius 3 is 2.35 bits per heavy atom. The number of benzene rings is 1. The second-order valence-corrected chi connectivity index (χ2v) is 6.75. The first-order chi connectivity index (χ1) is 15.0. The number of carbonyl (C=O) groups is 1. The number of fused-ring (bicyclic) bond motifs is 3. The van der Waals surface area contributed by atoms with Crippen LogP contribution in [0.3, 0.4) is 0 Å². The summed E-state index contributed by atoms with van der Waals surface area (Å²) in [6, 6.07) is 5.14. The van der Waals surface area contributed by atoms with Gasteiger partial charge in [0.2, 0.25) is 0 Å². The Hall–Kier alpha value is -2.80. The van der Waals surface area contributed by atoms with Gasteiger partial charge in [-0.15, -0.1) is 0 Å². The number of carboxylic acid groups (broad SMARTS) is 1. The molecule has 1 aliphatic heterocycles. The van der Waals surface area contributed by atoms with Crippen molar-refractivity contribution >= 4 is 5.97 Å². The summed E-state index contributed by atoms with van der Waals surface area (Å²) in [5.74, 6) is 0.0122. The van der Waals surface area contributed by atoms with Gasteiger partial charge in [0.05, 0.1) is 19.4 Å². The number of hydrogen-bond acceptors (Lipinski definition) is 5. The summed E-state index contributed by atoms with van der Waals surface area (Å²) in [6.07, 6.45) is 4.14. The molecule has 0 atom stereocenters. The van der Waals surface area contributed by atoms with Crippen molar-refractivity contribution in [3.63, 3.8) is 0 Å². The molecule has 0 fully saturated rings. The van der Waals surface area contributed by atoms with E-state index >= 15 is 0 Å². The SMILES string of the molecule is CC.CCC.COCCCOc1cc2c(cc1OC)-c1cc(=O)c(C(=O)O)cn1CC2. The predicted octanol–water partition coefficient (Wildman–Crippen LogP) is 4.64. The molecule has 0 bridgehead atoms. The highest BCUT2D eigenvalue weighted by molar-refractivity contribution is 5.87. The zero-order valence-electron chi connectivity index (χ0n) is 19.5. The Morgan fingerprint density at radius 2 is 1.77 bits per heavy atom. The molecule has 0 spiro atoms. The molecule has 0 saturated heterocycles. The van der Waals surface area contributed by atoms with Gasteiger partial charge in [-0.2, -0.15) is 0 Å². The van der Waals surface area contributed by atoms with Crippen molar-refractivity contribution in [3.8, 4) is 22.8 Å². The second kappa shape index (κ2) is 13.5. The molecule has 172 valence electrons. The van der Waals surface area contributed by atoms with Crippen molar-refractivity contribution in [1.29, 1.82) is 0 Å². The lowest BCUT2D eigenvalue weighted by Crippen LogP contribution is -2.22. The van der Waals surface area contributed by atoms with Crippen molar-refractivity contribution in [2.24, 2.45) is 0 Å². The summed E-state index contributed by atoms with van der Waals surface area (Å²) >= 11 is 0. The zero-order valence-corrected chi connectivity index (χ0v) is 19.5. The fourth-order valence-electron chi connectivity index (χ4n) is 3.10. The van der Waals surface area contributed by atoms with E-state index in [1.807, 2.05) is 26.0 Å². The molecule has 0 radical (unpaired) electrons. The molecule has 7 heteroatoms. The Bertz CT molecular complexity index is 904. The van der Waals surface area contributed by atoms with E-state index in [9.17, 15) is 9.59 Å². The molecule has 1 N–H and O–H groups in total. The standard InChI is InChI=1S/C19H21NO6.C3H8.C2H6/c1-24-6-3-7-26-18-8-12-4-5-20-11-14(19(22)23)16(21)10-15(20)13(12)9-17(18)25-2;1-3-2;1-2/h8-11H,3-7H2,1-2H3,(H,22,23);3H2,1-2H3;1-2H3. The maximum atomic E-state index is 12.1. The maximum Gasteiger partial charge on any atom is 0.341 e. The molecule has 31 heavy (non-hydrogen) atoms. The van der Waals surface area contributed by atoms with Crippen molar-refractivity contribution in [2.45, 2.75) is 53.5 Å².